The molecule has 0 spiro atoms. The van der Waals surface area contributed by atoms with Gasteiger partial charge < -0.3 is 5.32 Å². The molecule has 0 saturated heterocycles. The number of sulfone groups is 1. The number of benzene rings is 1. The largest absolute Gasteiger partial charge is 0.310 e. The highest BCUT2D eigenvalue weighted by molar-refractivity contribution is 7.91. The average molecular weight is 318 g/mol. The molecule has 0 aliphatic heterocycles. The van der Waals surface area contributed by atoms with Crippen molar-refractivity contribution in [1.29, 1.82) is 0 Å². The van der Waals surface area contributed by atoms with Crippen LogP contribution in [0.15, 0.2) is 24.3 Å². The lowest BCUT2D eigenvalue weighted by Crippen LogP contribution is -2.23. The highest BCUT2D eigenvalue weighted by Crippen LogP contribution is 2.26. The maximum absolute atomic E-state index is 11.6. The third-order valence-corrected chi connectivity index (χ3v) is 5.44. The van der Waals surface area contributed by atoms with Gasteiger partial charge in [0.15, 0.2) is 0 Å². The van der Waals surface area contributed by atoms with Crippen LogP contribution in [-0.4, -0.2) is 26.5 Å². The van der Waals surface area contributed by atoms with E-state index in [4.69, 9.17) is 11.6 Å². The van der Waals surface area contributed by atoms with Gasteiger partial charge >= 0.3 is 0 Å². The summed E-state index contributed by atoms with van der Waals surface area (Å²) in [6.45, 7) is 4.70. The summed E-state index contributed by atoms with van der Waals surface area (Å²) in [5.41, 5.74) is 1.05. The molecule has 1 aromatic carbocycles. The first kappa shape index (κ1) is 17.5. The van der Waals surface area contributed by atoms with E-state index in [1.54, 1.807) is 6.92 Å². The van der Waals surface area contributed by atoms with Gasteiger partial charge in [-0.3, -0.25) is 0 Å². The minimum Gasteiger partial charge on any atom is -0.310 e. The second kappa shape index (κ2) is 8.65. The van der Waals surface area contributed by atoms with Gasteiger partial charge in [-0.25, -0.2) is 8.42 Å². The smallest absolute Gasteiger partial charge is 0.150 e. The van der Waals surface area contributed by atoms with Crippen LogP contribution in [0.25, 0.3) is 0 Å². The Balaban J connectivity index is 2.68. The van der Waals surface area contributed by atoms with Crippen molar-refractivity contribution in [3.05, 3.63) is 34.9 Å². The van der Waals surface area contributed by atoms with Gasteiger partial charge in [0.25, 0.3) is 0 Å². The third kappa shape index (κ3) is 5.81. The van der Waals surface area contributed by atoms with Crippen molar-refractivity contribution < 1.29 is 8.42 Å². The van der Waals surface area contributed by atoms with Crippen molar-refractivity contribution in [2.45, 2.75) is 39.2 Å². The van der Waals surface area contributed by atoms with E-state index >= 15 is 0 Å². The standard InChI is InChI=1S/C15H24ClNO2S/c1-3-11-17-15(10-7-12-20(18,19)4-2)13-8-5-6-9-14(13)16/h5-6,8-9,15,17H,3-4,7,10-12H2,1-2H3. The Kier molecular flexibility index (Phi) is 7.56. The van der Waals surface area contributed by atoms with E-state index < -0.39 is 9.84 Å². The van der Waals surface area contributed by atoms with Crippen LogP contribution in [0, 0.1) is 0 Å². The van der Waals surface area contributed by atoms with Crippen LogP contribution in [0.3, 0.4) is 0 Å². The molecule has 20 heavy (non-hydrogen) atoms. The van der Waals surface area contributed by atoms with Gasteiger partial charge in [0.2, 0.25) is 0 Å². The van der Waals surface area contributed by atoms with Crippen LogP contribution >= 0.6 is 11.6 Å². The maximum atomic E-state index is 11.6. The molecular weight excluding hydrogens is 294 g/mol. The molecule has 0 aliphatic carbocycles. The highest BCUT2D eigenvalue weighted by atomic mass is 35.5. The lowest BCUT2D eigenvalue weighted by atomic mass is 10.0. The molecule has 5 heteroatoms. The molecule has 0 heterocycles. The first-order valence-corrected chi connectivity index (χ1v) is 9.38. The lowest BCUT2D eigenvalue weighted by molar-refractivity contribution is 0.492. The molecule has 0 radical (unpaired) electrons. The Morgan fingerprint density at radius 2 is 1.95 bits per heavy atom. The second-order valence-electron chi connectivity index (χ2n) is 4.91. The summed E-state index contributed by atoms with van der Waals surface area (Å²) in [5, 5.41) is 4.19. The number of hydrogen-bond donors (Lipinski definition) is 1. The summed E-state index contributed by atoms with van der Waals surface area (Å²) < 4.78 is 23.1. The molecule has 1 N–H and O–H groups in total. The molecule has 114 valence electrons. The van der Waals surface area contributed by atoms with E-state index in [1.807, 2.05) is 24.3 Å². The Bertz CT molecular complexity index is 502. The number of halogens is 1. The normalized spacial score (nSPS) is 13.3. The van der Waals surface area contributed by atoms with Crippen molar-refractivity contribution in [3.8, 4) is 0 Å². The fraction of sp³-hybridized carbons (Fsp3) is 0.600. The molecule has 0 amide bonds. The molecule has 1 unspecified atom stereocenters. The Hall–Kier alpha value is -0.580. The van der Waals surface area contributed by atoms with E-state index in [2.05, 4.69) is 12.2 Å². The first-order valence-electron chi connectivity index (χ1n) is 7.18. The Labute approximate surface area is 127 Å². The van der Waals surface area contributed by atoms with Crippen LogP contribution in [0.2, 0.25) is 5.02 Å². The highest BCUT2D eigenvalue weighted by Gasteiger charge is 2.15. The monoisotopic (exact) mass is 317 g/mol. The third-order valence-electron chi connectivity index (χ3n) is 3.31. The quantitative estimate of drug-likeness (QED) is 0.757. The average Bonchev–Trinajstić information content (AvgIpc) is 2.43. The van der Waals surface area contributed by atoms with Gasteiger partial charge in [0, 0.05) is 16.8 Å². The zero-order chi connectivity index (χ0) is 15.0. The molecule has 0 saturated carbocycles. The summed E-state index contributed by atoms with van der Waals surface area (Å²) >= 11 is 6.24. The van der Waals surface area contributed by atoms with E-state index in [9.17, 15) is 8.42 Å². The van der Waals surface area contributed by atoms with Crippen molar-refractivity contribution in [2.75, 3.05) is 18.1 Å². The SMILES string of the molecule is CCCNC(CCCS(=O)(=O)CC)c1ccccc1Cl. The van der Waals surface area contributed by atoms with Crippen molar-refractivity contribution in [1.82, 2.24) is 5.32 Å². The van der Waals surface area contributed by atoms with E-state index in [1.165, 1.54) is 0 Å². The van der Waals surface area contributed by atoms with Gasteiger partial charge in [-0.1, -0.05) is 43.6 Å². The number of nitrogens with one attached hydrogen (secondary N) is 1. The van der Waals surface area contributed by atoms with Gasteiger partial charge in [-0.2, -0.15) is 0 Å². The Morgan fingerprint density at radius 3 is 2.55 bits per heavy atom. The van der Waals surface area contributed by atoms with Crippen molar-refractivity contribution in [3.63, 3.8) is 0 Å². The molecular formula is C15H24ClNO2S. The predicted octanol–water partition coefficient (Wildman–Crippen LogP) is 3.60. The fourth-order valence-corrected chi connectivity index (χ4v) is 3.26. The van der Waals surface area contributed by atoms with Gasteiger partial charge in [-0.15, -0.1) is 0 Å². The maximum Gasteiger partial charge on any atom is 0.150 e. The van der Waals surface area contributed by atoms with Crippen LogP contribution in [0.1, 0.15) is 44.7 Å². The zero-order valence-electron chi connectivity index (χ0n) is 12.2. The van der Waals surface area contributed by atoms with Crippen molar-refractivity contribution in [2.24, 2.45) is 0 Å². The minimum absolute atomic E-state index is 0.121. The van der Waals surface area contributed by atoms with Gasteiger partial charge in [0.05, 0.1) is 5.75 Å². The molecule has 1 atom stereocenters. The molecule has 1 aromatic rings. The molecule has 3 nitrogen and oxygen atoms in total. The van der Waals surface area contributed by atoms with Crippen LogP contribution in [0.4, 0.5) is 0 Å². The van der Waals surface area contributed by atoms with Crippen LogP contribution in [0.5, 0.6) is 0 Å². The van der Waals surface area contributed by atoms with Gasteiger partial charge in [0.1, 0.15) is 9.84 Å². The summed E-state index contributed by atoms with van der Waals surface area (Å²) in [4.78, 5) is 0. The summed E-state index contributed by atoms with van der Waals surface area (Å²) in [6, 6.07) is 7.87. The fourth-order valence-electron chi connectivity index (χ4n) is 2.10. The molecule has 1 rings (SSSR count). The predicted molar refractivity (Wildman–Crippen MR) is 86.0 cm³/mol. The van der Waals surface area contributed by atoms with Crippen LogP contribution < -0.4 is 5.32 Å². The lowest BCUT2D eigenvalue weighted by Gasteiger charge is -2.20. The number of rotatable bonds is 9. The summed E-state index contributed by atoms with van der Waals surface area (Å²) in [6.07, 6.45) is 2.47. The zero-order valence-corrected chi connectivity index (χ0v) is 13.8. The minimum atomic E-state index is -2.89. The van der Waals surface area contributed by atoms with E-state index in [-0.39, 0.29) is 17.5 Å². The Morgan fingerprint density at radius 1 is 1.25 bits per heavy atom. The van der Waals surface area contributed by atoms with Gasteiger partial charge in [-0.05, 0) is 37.4 Å². The summed E-state index contributed by atoms with van der Waals surface area (Å²) in [5.74, 6) is 0.463. The van der Waals surface area contributed by atoms with Crippen LogP contribution in [-0.2, 0) is 9.84 Å². The van der Waals surface area contributed by atoms with Crippen molar-refractivity contribution >= 4 is 21.4 Å². The molecule has 0 fully saturated rings. The summed E-state index contributed by atoms with van der Waals surface area (Å²) in [7, 11) is -2.89. The molecule has 0 aromatic heterocycles. The second-order valence-corrected chi connectivity index (χ2v) is 7.79. The topological polar surface area (TPSA) is 46.2 Å². The van der Waals surface area contributed by atoms with E-state index in [0.29, 0.717) is 6.42 Å². The van der Waals surface area contributed by atoms with E-state index in [0.717, 1.165) is 30.0 Å². The number of hydrogen-bond acceptors (Lipinski definition) is 3. The molecule has 0 bridgehead atoms. The first-order chi connectivity index (χ1) is 9.50. The molecule has 0 aliphatic rings.